The molecule has 3 aromatic rings. The van der Waals surface area contributed by atoms with Crippen molar-refractivity contribution in [2.75, 3.05) is 0 Å². The van der Waals surface area contributed by atoms with E-state index in [0.717, 1.165) is 32.9 Å². The molecule has 6 heteroatoms. The Labute approximate surface area is 135 Å². The molecule has 2 heterocycles. The van der Waals surface area contributed by atoms with Crippen LogP contribution in [-0.4, -0.2) is 15.4 Å². The highest BCUT2D eigenvalue weighted by Crippen LogP contribution is 2.30. The average Bonchev–Trinajstić information content (AvgIpc) is 2.97. The number of nitrogens with two attached hydrogens (primary N) is 1. The molecule has 1 aromatic carbocycles. The van der Waals surface area contributed by atoms with Gasteiger partial charge in [-0.1, -0.05) is 15.9 Å². The molecule has 0 saturated carbocycles. The summed E-state index contributed by atoms with van der Waals surface area (Å²) in [7, 11) is 0. The van der Waals surface area contributed by atoms with Gasteiger partial charge in [0.25, 0.3) is 0 Å². The number of rotatable bonds is 4. The van der Waals surface area contributed by atoms with Gasteiger partial charge >= 0.3 is 0 Å². The number of hydrogen-bond acceptors (Lipinski definition) is 4. The standard InChI is InChI=1S/C15H16BrN3OS/c1-9-7-11(3-4-12(9)16)20-14-13(8-10(2)17)19-5-6-21-15(19)18-14/h3-7,10H,8,17H2,1-2H3. The number of imidazole rings is 1. The van der Waals surface area contributed by atoms with Crippen molar-refractivity contribution in [2.45, 2.75) is 26.3 Å². The molecule has 110 valence electrons. The molecule has 0 aliphatic rings. The van der Waals surface area contributed by atoms with Crippen LogP contribution >= 0.6 is 27.3 Å². The maximum Gasteiger partial charge on any atom is 0.242 e. The summed E-state index contributed by atoms with van der Waals surface area (Å²) in [5.74, 6) is 1.42. The fraction of sp³-hybridized carbons (Fsp3) is 0.267. The van der Waals surface area contributed by atoms with E-state index in [9.17, 15) is 0 Å². The normalized spacial score (nSPS) is 12.8. The first-order valence-corrected chi connectivity index (χ1v) is 8.36. The lowest BCUT2D eigenvalue weighted by molar-refractivity contribution is 0.456. The monoisotopic (exact) mass is 365 g/mol. The van der Waals surface area contributed by atoms with Crippen LogP contribution in [0.2, 0.25) is 0 Å². The van der Waals surface area contributed by atoms with Crippen molar-refractivity contribution in [2.24, 2.45) is 5.73 Å². The summed E-state index contributed by atoms with van der Waals surface area (Å²) in [5.41, 5.74) is 8.09. The average molecular weight is 366 g/mol. The molecule has 1 unspecified atom stereocenters. The third-order valence-corrected chi connectivity index (χ3v) is 4.83. The van der Waals surface area contributed by atoms with Gasteiger partial charge in [0.05, 0.1) is 5.69 Å². The summed E-state index contributed by atoms with van der Waals surface area (Å²) in [4.78, 5) is 5.49. The smallest absolute Gasteiger partial charge is 0.242 e. The van der Waals surface area contributed by atoms with Gasteiger partial charge in [-0.15, -0.1) is 11.3 Å². The van der Waals surface area contributed by atoms with Crippen LogP contribution in [0.1, 0.15) is 18.2 Å². The maximum absolute atomic E-state index is 5.99. The quantitative estimate of drug-likeness (QED) is 0.755. The van der Waals surface area contributed by atoms with Gasteiger partial charge < -0.3 is 10.5 Å². The van der Waals surface area contributed by atoms with Crippen molar-refractivity contribution >= 4 is 32.2 Å². The predicted octanol–water partition coefficient (Wildman–Crippen LogP) is 4.15. The highest BCUT2D eigenvalue weighted by molar-refractivity contribution is 9.10. The summed E-state index contributed by atoms with van der Waals surface area (Å²) in [6, 6.07) is 5.96. The van der Waals surface area contributed by atoms with Crippen molar-refractivity contribution in [1.29, 1.82) is 0 Å². The minimum absolute atomic E-state index is 0.0544. The Bertz CT molecular complexity index is 778. The largest absolute Gasteiger partial charge is 0.437 e. The summed E-state index contributed by atoms with van der Waals surface area (Å²) in [6.07, 6.45) is 2.73. The Hall–Kier alpha value is -1.37. The van der Waals surface area contributed by atoms with Gasteiger partial charge in [-0.3, -0.25) is 4.40 Å². The number of ether oxygens (including phenoxy) is 1. The van der Waals surface area contributed by atoms with Gasteiger partial charge in [-0.2, -0.15) is 4.98 Å². The Morgan fingerprint density at radius 1 is 1.48 bits per heavy atom. The molecule has 21 heavy (non-hydrogen) atoms. The Kier molecular flexibility index (Phi) is 4.01. The minimum Gasteiger partial charge on any atom is -0.437 e. The summed E-state index contributed by atoms with van der Waals surface area (Å²) >= 11 is 5.08. The second-order valence-electron chi connectivity index (χ2n) is 5.11. The van der Waals surface area contributed by atoms with Gasteiger partial charge in [-0.25, -0.2) is 0 Å². The third-order valence-electron chi connectivity index (χ3n) is 3.18. The molecule has 0 spiro atoms. The van der Waals surface area contributed by atoms with E-state index >= 15 is 0 Å². The number of aromatic nitrogens is 2. The molecule has 3 rings (SSSR count). The first kappa shape index (κ1) is 14.6. The molecule has 0 fully saturated rings. The van der Waals surface area contributed by atoms with Gasteiger partial charge in [-0.05, 0) is 37.6 Å². The van der Waals surface area contributed by atoms with Crippen molar-refractivity contribution in [3.8, 4) is 11.6 Å². The van der Waals surface area contributed by atoms with Crippen LogP contribution < -0.4 is 10.5 Å². The molecule has 0 bridgehead atoms. The highest BCUT2D eigenvalue weighted by atomic mass is 79.9. The maximum atomic E-state index is 5.99. The number of fused-ring (bicyclic) bond motifs is 1. The number of aryl methyl sites for hydroxylation is 1. The molecule has 0 amide bonds. The molecule has 4 nitrogen and oxygen atoms in total. The topological polar surface area (TPSA) is 52.5 Å². The SMILES string of the molecule is Cc1cc(Oc2nc3sccn3c2CC(C)N)ccc1Br. The van der Waals surface area contributed by atoms with Gasteiger partial charge in [0.1, 0.15) is 5.75 Å². The summed E-state index contributed by atoms with van der Waals surface area (Å²) in [6.45, 7) is 4.02. The summed E-state index contributed by atoms with van der Waals surface area (Å²) in [5, 5.41) is 2.01. The van der Waals surface area contributed by atoms with E-state index in [1.54, 1.807) is 11.3 Å². The lowest BCUT2D eigenvalue weighted by Gasteiger charge is -2.09. The first-order valence-electron chi connectivity index (χ1n) is 6.68. The lowest BCUT2D eigenvalue weighted by Crippen LogP contribution is -2.19. The molecule has 1 atom stereocenters. The molecule has 0 aliphatic carbocycles. The number of thiazole rings is 1. The van der Waals surface area contributed by atoms with E-state index in [1.165, 1.54) is 0 Å². The van der Waals surface area contributed by atoms with Gasteiger partial charge in [0.15, 0.2) is 4.96 Å². The first-order chi connectivity index (χ1) is 10.0. The van der Waals surface area contributed by atoms with E-state index in [1.807, 2.05) is 43.6 Å². The van der Waals surface area contributed by atoms with Crippen LogP contribution in [0.15, 0.2) is 34.2 Å². The fourth-order valence-electron chi connectivity index (χ4n) is 2.18. The molecule has 2 N–H and O–H groups in total. The van der Waals surface area contributed by atoms with Crippen molar-refractivity contribution in [1.82, 2.24) is 9.38 Å². The number of benzene rings is 1. The molecular formula is C15H16BrN3OS. The van der Waals surface area contributed by atoms with E-state index in [2.05, 4.69) is 25.3 Å². The van der Waals surface area contributed by atoms with E-state index < -0.39 is 0 Å². The van der Waals surface area contributed by atoms with Crippen molar-refractivity contribution in [3.63, 3.8) is 0 Å². The van der Waals surface area contributed by atoms with Crippen molar-refractivity contribution in [3.05, 3.63) is 45.5 Å². The van der Waals surface area contributed by atoms with Crippen LogP contribution in [0.3, 0.4) is 0 Å². The second-order valence-corrected chi connectivity index (χ2v) is 6.84. The highest BCUT2D eigenvalue weighted by Gasteiger charge is 2.16. The molecule has 0 radical (unpaired) electrons. The van der Waals surface area contributed by atoms with E-state index in [4.69, 9.17) is 10.5 Å². The Morgan fingerprint density at radius 2 is 2.29 bits per heavy atom. The van der Waals surface area contributed by atoms with Crippen LogP contribution in [0.5, 0.6) is 11.6 Å². The van der Waals surface area contributed by atoms with Crippen LogP contribution in [-0.2, 0) is 6.42 Å². The Balaban J connectivity index is 1.98. The number of nitrogens with zero attached hydrogens (tertiary/aromatic N) is 2. The van der Waals surface area contributed by atoms with Crippen LogP contribution in [0.25, 0.3) is 4.96 Å². The van der Waals surface area contributed by atoms with Gasteiger partial charge in [0, 0.05) is 28.5 Å². The summed E-state index contributed by atoms with van der Waals surface area (Å²) < 4.78 is 9.10. The molecular weight excluding hydrogens is 350 g/mol. The zero-order valence-electron chi connectivity index (χ0n) is 11.8. The zero-order chi connectivity index (χ0) is 15.0. The van der Waals surface area contributed by atoms with Crippen LogP contribution in [0.4, 0.5) is 0 Å². The van der Waals surface area contributed by atoms with Crippen LogP contribution in [0, 0.1) is 6.92 Å². The minimum atomic E-state index is 0.0544. The van der Waals surface area contributed by atoms with E-state index in [-0.39, 0.29) is 6.04 Å². The van der Waals surface area contributed by atoms with Crippen molar-refractivity contribution < 1.29 is 4.74 Å². The van der Waals surface area contributed by atoms with Gasteiger partial charge in [0.2, 0.25) is 5.88 Å². The number of halogens is 1. The Morgan fingerprint density at radius 3 is 3.00 bits per heavy atom. The predicted molar refractivity (Wildman–Crippen MR) is 89.4 cm³/mol. The second kappa shape index (κ2) is 5.79. The molecule has 2 aromatic heterocycles. The third kappa shape index (κ3) is 2.97. The lowest BCUT2D eigenvalue weighted by atomic mass is 10.2. The zero-order valence-corrected chi connectivity index (χ0v) is 14.2. The fourth-order valence-corrected chi connectivity index (χ4v) is 3.15. The molecule has 0 aliphatic heterocycles. The van der Waals surface area contributed by atoms with E-state index in [0.29, 0.717) is 5.88 Å². The number of hydrogen-bond donors (Lipinski definition) is 1. The molecule has 0 saturated heterocycles.